The molecule has 7 heteroatoms. The van der Waals surface area contributed by atoms with E-state index < -0.39 is 0 Å². The fraction of sp³-hybridized carbons (Fsp3) is 0.117. The highest BCUT2D eigenvalue weighted by atomic mass is 16.3. The van der Waals surface area contributed by atoms with Crippen LogP contribution >= 0.6 is 0 Å². The van der Waals surface area contributed by atoms with Crippen LogP contribution in [0.15, 0.2) is 250 Å². The summed E-state index contributed by atoms with van der Waals surface area (Å²) in [5.74, 6) is 7.39. The van der Waals surface area contributed by atoms with Gasteiger partial charge in [-0.15, -0.1) is 0 Å². The fourth-order valence-electron chi connectivity index (χ4n) is 7.03. The van der Waals surface area contributed by atoms with Gasteiger partial charge in [-0.3, -0.25) is 0 Å². The van der Waals surface area contributed by atoms with E-state index in [2.05, 4.69) is 72.0 Å². The van der Waals surface area contributed by atoms with Crippen molar-refractivity contribution < 1.29 is 30.9 Å². The van der Waals surface area contributed by atoms with E-state index in [1.807, 2.05) is 163 Å². The number of hydrogen-bond donors (Lipinski definition) is 0. The summed E-state index contributed by atoms with van der Waals surface area (Å²) >= 11 is 0. The van der Waals surface area contributed by atoms with E-state index in [4.69, 9.17) is 26.5 Å². The summed E-state index contributed by atoms with van der Waals surface area (Å²) in [7, 11) is 0. The van der Waals surface area contributed by atoms with Gasteiger partial charge in [0.2, 0.25) is 0 Å². The Balaban J connectivity index is 0.000000149. The van der Waals surface area contributed by atoms with Crippen LogP contribution < -0.4 is 0 Å². The van der Waals surface area contributed by atoms with Crippen molar-refractivity contribution in [1.82, 2.24) is 0 Å². The Morgan fingerprint density at radius 3 is 0.821 bits per heavy atom. The zero-order chi connectivity index (χ0) is 47.2. The number of hydrogen-bond acceptors (Lipinski definition) is 0. The van der Waals surface area contributed by atoms with Crippen LogP contribution in [0.5, 0.6) is 0 Å². The molecule has 3 aromatic carbocycles. The molecule has 0 bridgehead atoms. The van der Waals surface area contributed by atoms with Crippen molar-refractivity contribution >= 4 is 0 Å². The Kier molecular flexibility index (Phi) is 18.2. The molecule has 0 fully saturated rings. The third-order valence-electron chi connectivity index (χ3n) is 9.79. The summed E-state index contributed by atoms with van der Waals surface area (Å²) in [5.41, 5.74) is 10.3. The van der Waals surface area contributed by atoms with E-state index in [0.717, 1.165) is 73.9 Å². The van der Waals surface area contributed by atoms with E-state index in [-0.39, 0.29) is 0 Å². The molecule has 10 rings (SSSR count). The molecule has 0 aliphatic rings. The molecule has 0 saturated carbocycles. The summed E-state index contributed by atoms with van der Waals surface area (Å²) in [6, 6.07) is 60.5. The zero-order valence-corrected chi connectivity index (χ0v) is 39.1. The molecule has 7 heterocycles. The van der Waals surface area contributed by atoms with Crippen molar-refractivity contribution in [2.45, 2.75) is 48.5 Å². The minimum absolute atomic E-state index is 0.871. The van der Waals surface area contributed by atoms with Crippen molar-refractivity contribution in [2.75, 3.05) is 0 Å². The van der Waals surface area contributed by atoms with Crippen LogP contribution in [0.2, 0.25) is 0 Å². The van der Waals surface area contributed by atoms with Crippen LogP contribution in [0, 0.1) is 48.5 Å². The van der Waals surface area contributed by atoms with Crippen molar-refractivity contribution in [1.29, 1.82) is 0 Å². The number of benzene rings is 3. The molecule has 10 aromatic rings. The standard InChI is InChI=1S/C23H17O.C14H16O2.C10H8O2.C8H11O.C5H5O/c1-4-10-18(11-5-1)21-16-22(19-12-6-2-7-13-19)24-23(17-21)20-14-8-3-9-15-20;1-9-5-13(6-10(2)15-9)14-7-11(3)16-12(4)8-14;1-5-11-6-2-9(1)10-3-7-12-8-4-10;1-6-4-7(2)9-8(3)5-6;1-2-4-6-5-3-1/h1-17H;5-8H,1-4H3;1-8H;4-5H,1-3H3;1-5H/q+1;2*+2;2*+1. The third kappa shape index (κ3) is 16.0. The van der Waals surface area contributed by atoms with Crippen LogP contribution in [-0.4, -0.2) is 0 Å². The molecular formula is C60H57O7+7. The second-order valence-electron chi connectivity index (χ2n) is 15.5. The third-order valence-corrected chi connectivity index (χ3v) is 9.79. The normalized spacial score (nSPS) is 10.0. The lowest BCUT2D eigenvalue weighted by Gasteiger charge is -2.02. The lowest BCUT2D eigenvalue weighted by molar-refractivity contribution is 0.483. The lowest BCUT2D eigenvalue weighted by atomic mass is 10.0. The Labute approximate surface area is 393 Å². The van der Waals surface area contributed by atoms with Gasteiger partial charge in [0.25, 0.3) is 0 Å². The van der Waals surface area contributed by atoms with Gasteiger partial charge >= 0.3 is 83.7 Å². The van der Waals surface area contributed by atoms with Crippen molar-refractivity contribution in [2.24, 2.45) is 0 Å². The average molecular weight is 890 g/mol. The largest absolute Gasteiger partial charge is 0.361 e. The Bertz CT molecular complexity index is 2660. The van der Waals surface area contributed by atoms with Gasteiger partial charge in [-0.2, -0.15) is 0 Å². The summed E-state index contributed by atoms with van der Waals surface area (Å²) in [6.45, 7) is 13.8. The first kappa shape index (κ1) is 48.2. The van der Waals surface area contributed by atoms with Crippen LogP contribution in [-0.2, 0) is 0 Å². The first-order chi connectivity index (χ1) is 32.6. The lowest BCUT2D eigenvalue weighted by Crippen LogP contribution is -1.85. The first-order valence-electron chi connectivity index (χ1n) is 22.0. The summed E-state index contributed by atoms with van der Waals surface area (Å²) < 4.78 is 36.9. The highest BCUT2D eigenvalue weighted by Gasteiger charge is 2.20. The first-order valence-corrected chi connectivity index (χ1v) is 22.0. The molecule has 0 radical (unpaired) electrons. The summed E-state index contributed by atoms with van der Waals surface area (Å²) in [6.07, 6.45) is 9.86. The molecule has 0 N–H and O–H groups in total. The second-order valence-corrected chi connectivity index (χ2v) is 15.5. The molecule has 67 heavy (non-hydrogen) atoms. The van der Waals surface area contributed by atoms with Gasteiger partial charge in [0.1, 0.15) is 0 Å². The molecular weight excluding hydrogens is 833 g/mol. The van der Waals surface area contributed by atoms with Gasteiger partial charge in [-0.25, -0.2) is 30.9 Å². The number of rotatable bonds is 5. The Morgan fingerprint density at radius 1 is 0.224 bits per heavy atom. The molecule has 7 aromatic heterocycles. The molecule has 332 valence electrons. The quantitative estimate of drug-likeness (QED) is 0.159. The van der Waals surface area contributed by atoms with Crippen molar-refractivity contribution in [3.63, 3.8) is 0 Å². The van der Waals surface area contributed by atoms with Crippen molar-refractivity contribution in [3.05, 3.63) is 260 Å². The minimum Gasteiger partial charge on any atom is -0.224 e. The zero-order valence-electron chi connectivity index (χ0n) is 39.1. The van der Waals surface area contributed by atoms with Gasteiger partial charge < -0.3 is 0 Å². The van der Waals surface area contributed by atoms with Gasteiger partial charge in [0.15, 0.2) is 0 Å². The van der Waals surface area contributed by atoms with Crippen LogP contribution in [0.1, 0.15) is 40.1 Å². The maximum Gasteiger partial charge on any atom is 0.361 e. The minimum atomic E-state index is 0.871. The molecule has 0 spiro atoms. The van der Waals surface area contributed by atoms with Crippen LogP contribution in [0.4, 0.5) is 0 Å². The van der Waals surface area contributed by atoms with E-state index in [1.54, 1.807) is 37.6 Å². The van der Waals surface area contributed by atoms with Crippen molar-refractivity contribution in [3.8, 4) is 56.0 Å². The molecule has 0 aliphatic heterocycles. The maximum absolute atomic E-state index is 6.21. The molecule has 0 saturated heterocycles. The predicted octanol–water partition coefficient (Wildman–Crippen LogP) is 18.0. The highest BCUT2D eigenvalue weighted by Crippen LogP contribution is 2.33. The molecule has 0 aliphatic carbocycles. The van der Waals surface area contributed by atoms with Gasteiger partial charge in [0.05, 0.1) is 64.8 Å². The van der Waals surface area contributed by atoms with E-state index in [9.17, 15) is 0 Å². The Hall–Kier alpha value is -8.29. The van der Waals surface area contributed by atoms with Gasteiger partial charge in [-0.05, 0) is 59.5 Å². The topological polar surface area (TPSA) is 79.1 Å². The highest BCUT2D eigenvalue weighted by molar-refractivity contribution is 5.74. The number of aryl methyl sites for hydroxylation is 7. The summed E-state index contributed by atoms with van der Waals surface area (Å²) in [5, 5.41) is 0. The summed E-state index contributed by atoms with van der Waals surface area (Å²) in [4.78, 5) is 0. The Morgan fingerprint density at radius 2 is 0.507 bits per heavy atom. The second kappa shape index (κ2) is 25.3. The smallest absolute Gasteiger partial charge is 0.224 e. The molecule has 7 nitrogen and oxygen atoms in total. The van der Waals surface area contributed by atoms with E-state index in [0.29, 0.717) is 0 Å². The average Bonchev–Trinajstić information content (AvgIpc) is 3.35. The van der Waals surface area contributed by atoms with E-state index >= 15 is 0 Å². The van der Waals surface area contributed by atoms with Gasteiger partial charge in [-0.1, -0.05) is 66.7 Å². The molecule has 0 unspecified atom stereocenters. The van der Waals surface area contributed by atoms with E-state index in [1.165, 1.54) is 22.3 Å². The van der Waals surface area contributed by atoms with Gasteiger partial charge in [0, 0.05) is 89.5 Å². The predicted molar refractivity (Wildman–Crippen MR) is 269 cm³/mol. The SMILES string of the molecule is Cc1cc(-c2cc(C)[o+]c(C)c2)cc(C)[o+]1.Cc1cc(C)[o+]c(C)c1.c1cc(-c2cc[o+]cc2)cc[o+]1.c1cc[o+]cc1.c1ccc(-c2cc(-c3ccccc3)[o+]c(-c3ccccc3)c2)cc1. The molecule has 0 atom stereocenters. The monoisotopic (exact) mass is 889 g/mol. The van der Waals surface area contributed by atoms with Crippen LogP contribution in [0.3, 0.4) is 0 Å². The maximum atomic E-state index is 6.21. The fourth-order valence-corrected chi connectivity index (χ4v) is 7.03. The van der Waals surface area contributed by atoms with Crippen LogP contribution in [0.25, 0.3) is 56.0 Å². The molecule has 0 amide bonds.